The number of likely N-dealkylation sites (tertiary alicyclic amines) is 1. The highest BCUT2D eigenvalue weighted by molar-refractivity contribution is 8.00. The third kappa shape index (κ3) is 3.39. The highest BCUT2D eigenvalue weighted by Crippen LogP contribution is 2.43. The molecule has 0 bridgehead atoms. The fourth-order valence-corrected chi connectivity index (χ4v) is 5.66. The Morgan fingerprint density at radius 3 is 2.72 bits per heavy atom. The fraction of sp³-hybridized carbons (Fsp3) is 0.550. The Bertz CT molecular complexity index is 920. The van der Waals surface area contributed by atoms with E-state index in [4.69, 9.17) is 9.47 Å². The van der Waals surface area contributed by atoms with Crippen molar-refractivity contribution in [2.45, 2.75) is 48.4 Å². The summed E-state index contributed by atoms with van der Waals surface area (Å²) in [4.78, 5) is 19.9. The summed E-state index contributed by atoms with van der Waals surface area (Å²) in [6.45, 7) is 4.63. The van der Waals surface area contributed by atoms with E-state index in [1.807, 2.05) is 13.0 Å². The lowest BCUT2D eigenvalue weighted by molar-refractivity contribution is -0.187. The van der Waals surface area contributed by atoms with Crippen LogP contribution in [0, 0.1) is 5.82 Å². The fourth-order valence-electron chi connectivity index (χ4n) is 4.39. The molecule has 9 heteroatoms. The second-order valence-corrected chi connectivity index (χ2v) is 8.70. The molecule has 29 heavy (non-hydrogen) atoms. The van der Waals surface area contributed by atoms with E-state index in [0.717, 1.165) is 18.4 Å². The predicted octanol–water partition coefficient (Wildman–Crippen LogP) is 2.67. The van der Waals surface area contributed by atoms with Crippen LogP contribution in [-0.4, -0.2) is 62.9 Å². The number of piperidine rings is 1. The number of ether oxygens (including phenoxy) is 2. The molecular weight excluding hydrogens is 395 g/mol. The first-order valence-electron chi connectivity index (χ1n) is 10.0. The van der Waals surface area contributed by atoms with Gasteiger partial charge < -0.3 is 9.47 Å². The van der Waals surface area contributed by atoms with E-state index < -0.39 is 11.0 Å². The number of nitrogens with zero attached hydrogens (tertiary/aromatic N) is 4. The lowest BCUT2D eigenvalue weighted by Gasteiger charge is -2.42. The largest absolute Gasteiger partial charge is 0.347 e. The van der Waals surface area contributed by atoms with Gasteiger partial charge in [0.25, 0.3) is 5.91 Å². The van der Waals surface area contributed by atoms with Crippen LogP contribution in [0.3, 0.4) is 0 Å². The maximum atomic E-state index is 14.0. The van der Waals surface area contributed by atoms with Crippen LogP contribution in [-0.2, 0) is 15.9 Å². The van der Waals surface area contributed by atoms with Gasteiger partial charge in [0.1, 0.15) is 11.1 Å². The van der Waals surface area contributed by atoms with E-state index in [1.54, 1.807) is 6.07 Å². The number of benzene rings is 1. The molecule has 1 aromatic heterocycles. The van der Waals surface area contributed by atoms with E-state index in [-0.39, 0.29) is 17.8 Å². The van der Waals surface area contributed by atoms with Gasteiger partial charge in [-0.1, -0.05) is 30.8 Å². The van der Waals surface area contributed by atoms with E-state index >= 15 is 0 Å². The van der Waals surface area contributed by atoms with Crippen LogP contribution in [0.5, 0.6) is 0 Å². The van der Waals surface area contributed by atoms with Gasteiger partial charge in [0.15, 0.2) is 16.8 Å². The number of fused-ring (bicyclic) bond motifs is 1. The highest BCUT2D eigenvalue weighted by atomic mass is 32.2. The highest BCUT2D eigenvalue weighted by Gasteiger charge is 2.47. The Morgan fingerprint density at radius 1 is 1.31 bits per heavy atom. The van der Waals surface area contributed by atoms with Crippen molar-refractivity contribution in [3.8, 4) is 0 Å². The molecule has 2 fully saturated rings. The van der Waals surface area contributed by atoms with Crippen LogP contribution < -0.4 is 0 Å². The van der Waals surface area contributed by atoms with E-state index in [1.165, 1.54) is 28.6 Å². The molecule has 3 aliphatic rings. The Balaban J connectivity index is 1.44. The SMILES string of the molecule is CCc1nc2n(n1)C(=O)C(C(c1cccc(F)c1)N1CCC3(CC1)OCCO3)S2. The zero-order valence-corrected chi connectivity index (χ0v) is 17.0. The number of aryl methyl sites for hydroxylation is 1. The van der Waals surface area contributed by atoms with Crippen molar-refractivity contribution in [2.75, 3.05) is 26.3 Å². The van der Waals surface area contributed by atoms with Crippen molar-refractivity contribution in [1.82, 2.24) is 19.7 Å². The molecule has 2 atom stereocenters. The molecule has 3 aliphatic heterocycles. The maximum absolute atomic E-state index is 14.0. The third-order valence-electron chi connectivity index (χ3n) is 5.87. The second kappa shape index (κ2) is 7.46. The Labute approximate surface area is 172 Å². The van der Waals surface area contributed by atoms with Gasteiger partial charge in [0, 0.05) is 32.4 Å². The summed E-state index contributed by atoms with van der Waals surface area (Å²) in [5.41, 5.74) is 0.793. The molecule has 0 aliphatic carbocycles. The molecule has 7 nitrogen and oxygen atoms in total. The Hall–Kier alpha value is -1.81. The van der Waals surface area contributed by atoms with Gasteiger partial charge in [-0.2, -0.15) is 4.68 Å². The van der Waals surface area contributed by atoms with Gasteiger partial charge in [-0.3, -0.25) is 9.69 Å². The molecule has 154 valence electrons. The summed E-state index contributed by atoms with van der Waals surface area (Å²) in [7, 11) is 0. The number of rotatable bonds is 4. The van der Waals surface area contributed by atoms with Gasteiger partial charge in [-0.15, -0.1) is 5.10 Å². The summed E-state index contributed by atoms with van der Waals surface area (Å²) in [5, 5.41) is 4.54. The molecule has 0 saturated carbocycles. The number of carbonyl (C=O) groups excluding carboxylic acids is 1. The minimum Gasteiger partial charge on any atom is -0.347 e. The van der Waals surface area contributed by atoms with Crippen molar-refractivity contribution in [2.24, 2.45) is 0 Å². The molecular formula is C20H23FN4O3S. The number of halogens is 1. The summed E-state index contributed by atoms with van der Waals surface area (Å²) in [6.07, 6.45) is 2.14. The number of carbonyl (C=O) groups is 1. The summed E-state index contributed by atoms with van der Waals surface area (Å²) in [6, 6.07) is 6.27. The molecule has 1 spiro atoms. The zero-order chi connectivity index (χ0) is 20.0. The smallest absolute Gasteiger partial charge is 0.264 e. The van der Waals surface area contributed by atoms with Crippen LogP contribution in [0.15, 0.2) is 29.4 Å². The van der Waals surface area contributed by atoms with Crippen LogP contribution in [0.1, 0.15) is 42.0 Å². The lowest BCUT2D eigenvalue weighted by Crippen LogP contribution is -2.49. The van der Waals surface area contributed by atoms with Crippen molar-refractivity contribution in [3.05, 3.63) is 41.5 Å². The normalized spacial score (nSPS) is 24.9. The maximum Gasteiger partial charge on any atom is 0.264 e. The Morgan fingerprint density at radius 2 is 2.07 bits per heavy atom. The lowest BCUT2D eigenvalue weighted by atomic mass is 9.95. The molecule has 1 aromatic carbocycles. The number of thioether (sulfide) groups is 1. The van der Waals surface area contributed by atoms with Crippen LogP contribution in [0.25, 0.3) is 0 Å². The van der Waals surface area contributed by atoms with Crippen molar-refractivity contribution < 1.29 is 18.7 Å². The molecule has 2 aromatic rings. The summed E-state index contributed by atoms with van der Waals surface area (Å²) in [5.74, 6) is -0.236. The molecule has 5 rings (SSSR count). The van der Waals surface area contributed by atoms with Gasteiger partial charge in [0.05, 0.1) is 19.3 Å². The quantitative estimate of drug-likeness (QED) is 0.756. The van der Waals surface area contributed by atoms with Gasteiger partial charge in [-0.25, -0.2) is 9.37 Å². The minimum atomic E-state index is -0.500. The average Bonchev–Trinajstić information content (AvgIpc) is 3.42. The van der Waals surface area contributed by atoms with Crippen LogP contribution in [0.4, 0.5) is 4.39 Å². The predicted molar refractivity (Wildman–Crippen MR) is 104 cm³/mol. The van der Waals surface area contributed by atoms with Crippen LogP contribution in [0.2, 0.25) is 0 Å². The zero-order valence-electron chi connectivity index (χ0n) is 16.2. The van der Waals surface area contributed by atoms with Gasteiger partial charge in [0.2, 0.25) is 0 Å². The molecule has 0 N–H and O–H groups in total. The first-order valence-corrected chi connectivity index (χ1v) is 10.9. The van der Waals surface area contributed by atoms with E-state index in [2.05, 4.69) is 15.0 Å². The topological polar surface area (TPSA) is 69.5 Å². The number of hydrogen-bond acceptors (Lipinski definition) is 7. The summed E-state index contributed by atoms with van der Waals surface area (Å²) >= 11 is 1.42. The molecule has 0 radical (unpaired) electrons. The Kier molecular flexibility index (Phi) is 4.93. The first-order chi connectivity index (χ1) is 14.1. The van der Waals surface area contributed by atoms with E-state index in [9.17, 15) is 9.18 Å². The average molecular weight is 418 g/mol. The van der Waals surface area contributed by atoms with Crippen LogP contribution >= 0.6 is 11.8 Å². The molecule has 4 heterocycles. The summed E-state index contributed by atoms with van der Waals surface area (Å²) < 4.78 is 27.1. The number of aromatic nitrogens is 3. The number of hydrogen-bond donors (Lipinski definition) is 0. The van der Waals surface area contributed by atoms with Crippen molar-refractivity contribution in [1.29, 1.82) is 0 Å². The standard InChI is InChI=1S/C20H23FN4O3S/c1-2-15-22-19-25(23-15)18(26)17(29-19)16(13-4-3-5-14(21)12-13)24-8-6-20(7-9-24)27-10-11-28-20/h3-5,12,16-17H,2,6-11H2,1H3. The molecule has 2 unspecified atom stereocenters. The first kappa shape index (κ1) is 19.2. The second-order valence-electron chi connectivity index (χ2n) is 7.60. The van der Waals surface area contributed by atoms with Gasteiger partial charge >= 0.3 is 0 Å². The minimum absolute atomic E-state index is 0.0971. The van der Waals surface area contributed by atoms with E-state index in [0.29, 0.717) is 43.7 Å². The monoisotopic (exact) mass is 418 g/mol. The van der Waals surface area contributed by atoms with Gasteiger partial charge in [-0.05, 0) is 17.7 Å². The van der Waals surface area contributed by atoms with Crippen molar-refractivity contribution in [3.63, 3.8) is 0 Å². The third-order valence-corrected chi connectivity index (χ3v) is 7.05. The molecule has 0 amide bonds. The molecule has 2 saturated heterocycles. The van der Waals surface area contributed by atoms with Crippen molar-refractivity contribution >= 4 is 17.7 Å².